The van der Waals surface area contributed by atoms with Crippen LogP contribution in [0.5, 0.6) is 0 Å². The summed E-state index contributed by atoms with van der Waals surface area (Å²) >= 11 is 0. The monoisotopic (exact) mass is 235 g/mol. The van der Waals surface area contributed by atoms with Gasteiger partial charge in [-0.3, -0.25) is 0 Å². The van der Waals surface area contributed by atoms with Gasteiger partial charge >= 0.3 is 6.09 Å². The third-order valence-corrected chi connectivity index (χ3v) is 1.65. The Balaban J connectivity index is 2.96. The second kappa shape index (κ2) is 12.2. The second-order valence-corrected chi connectivity index (χ2v) is 2.84. The first-order valence-electron chi connectivity index (χ1n) is 5.36. The first kappa shape index (κ1) is 15.2. The van der Waals surface area contributed by atoms with Crippen LogP contribution in [0.25, 0.3) is 0 Å². The van der Waals surface area contributed by atoms with Crippen LogP contribution < -0.4 is 5.32 Å². The molecule has 0 aromatic heterocycles. The van der Waals surface area contributed by atoms with E-state index in [-0.39, 0.29) is 0 Å². The van der Waals surface area contributed by atoms with Crippen molar-refractivity contribution >= 4 is 6.09 Å². The van der Waals surface area contributed by atoms with Gasteiger partial charge in [-0.25, -0.2) is 4.79 Å². The summed E-state index contributed by atoms with van der Waals surface area (Å²) < 4.78 is 19.9. The fraction of sp³-hybridized carbons (Fsp3) is 0.900. The number of carbonyl (C=O) groups is 1. The van der Waals surface area contributed by atoms with E-state index in [1.807, 2.05) is 6.92 Å². The summed E-state index contributed by atoms with van der Waals surface area (Å²) in [4.78, 5) is 10.6. The van der Waals surface area contributed by atoms with Crippen molar-refractivity contribution in [2.45, 2.75) is 6.92 Å². The normalized spacial score (nSPS) is 10.1. The van der Waals surface area contributed by atoms with Crippen molar-refractivity contribution in [3.63, 3.8) is 0 Å². The quantitative estimate of drug-likeness (QED) is 0.556. The maximum absolute atomic E-state index is 10.6. The lowest BCUT2D eigenvalue weighted by Gasteiger charge is -2.06. The number of alkyl carbamates (subject to hydrolysis) is 1. The smallest absolute Gasteiger partial charge is 0.406 e. The van der Waals surface area contributed by atoms with Gasteiger partial charge < -0.3 is 24.3 Å². The number of carbonyl (C=O) groups excluding carboxylic acids is 1. The molecule has 0 aliphatic rings. The molecule has 0 rings (SSSR count). The molecule has 96 valence electrons. The average molecular weight is 235 g/mol. The SMILES string of the molecule is CCOCCOCCOCCNC(=O)OC. The molecule has 6 nitrogen and oxygen atoms in total. The minimum absolute atomic E-state index is 0.436. The highest BCUT2D eigenvalue weighted by molar-refractivity contribution is 5.66. The van der Waals surface area contributed by atoms with Gasteiger partial charge in [-0.05, 0) is 6.92 Å². The topological polar surface area (TPSA) is 66.0 Å². The van der Waals surface area contributed by atoms with E-state index in [4.69, 9.17) is 14.2 Å². The highest BCUT2D eigenvalue weighted by Gasteiger charge is 1.96. The van der Waals surface area contributed by atoms with E-state index in [1.54, 1.807) is 0 Å². The number of hydrogen-bond donors (Lipinski definition) is 1. The summed E-state index contributed by atoms with van der Waals surface area (Å²) in [5, 5.41) is 2.50. The molecule has 0 aliphatic carbocycles. The maximum Gasteiger partial charge on any atom is 0.406 e. The van der Waals surface area contributed by atoms with Gasteiger partial charge in [0, 0.05) is 13.2 Å². The lowest BCUT2D eigenvalue weighted by Crippen LogP contribution is -2.27. The van der Waals surface area contributed by atoms with Crippen molar-refractivity contribution in [2.24, 2.45) is 0 Å². The summed E-state index contributed by atoms with van der Waals surface area (Å²) in [5.41, 5.74) is 0. The molecule has 0 radical (unpaired) electrons. The van der Waals surface area contributed by atoms with Crippen LogP contribution in [0.4, 0.5) is 4.79 Å². The largest absolute Gasteiger partial charge is 0.453 e. The standard InChI is InChI=1S/C10H21NO5/c1-3-14-6-7-16-9-8-15-5-4-11-10(12)13-2/h3-9H2,1-2H3,(H,11,12). The fourth-order valence-electron chi connectivity index (χ4n) is 0.882. The molecule has 0 aromatic carbocycles. The molecule has 0 unspecified atom stereocenters. The Morgan fingerprint density at radius 1 is 1.00 bits per heavy atom. The first-order valence-corrected chi connectivity index (χ1v) is 5.36. The van der Waals surface area contributed by atoms with Crippen molar-refractivity contribution in [1.82, 2.24) is 5.32 Å². The van der Waals surface area contributed by atoms with Gasteiger partial charge in [0.2, 0.25) is 0 Å². The molecule has 0 heterocycles. The Hall–Kier alpha value is -0.850. The summed E-state index contributed by atoms with van der Waals surface area (Å²) in [6.45, 7) is 5.77. The molecule has 0 saturated heterocycles. The molecule has 1 N–H and O–H groups in total. The van der Waals surface area contributed by atoms with Gasteiger partial charge in [-0.2, -0.15) is 0 Å². The molecule has 0 fully saturated rings. The summed E-state index contributed by atoms with van der Waals surface area (Å²) in [7, 11) is 1.32. The van der Waals surface area contributed by atoms with E-state index < -0.39 is 6.09 Å². The highest BCUT2D eigenvalue weighted by Crippen LogP contribution is 1.80. The number of methoxy groups -OCH3 is 1. The molecular weight excluding hydrogens is 214 g/mol. The third-order valence-electron chi connectivity index (χ3n) is 1.65. The van der Waals surface area contributed by atoms with Crippen LogP contribution in [-0.2, 0) is 18.9 Å². The molecule has 0 saturated carbocycles. The van der Waals surface area contributed by atoms with Gasteiger partial charge in [0.15, 0.2) is 0 Å². The summed E-state index contributed by atoms with van der Waals surface area (Å²) in [5.74, 6) is 0. The Labute approximate surface area is 96.2 Å². The number of hydrogen-bond acceptors (Lipinski definition) is 5. The molecule has 6 heteroatoms. The lowest BCUT2D eigenvalue weighted by atomic mass is 10.6. The first-order chi connectivity index (χ1) is 7.81. The predicted molar refractivity (Wildman–Crippen MR) is 58.5 cm³/mol. The Morgan fingerprint density at radius 3 is 2.12 bits per heavy atom. The molecule has 0 bridgehead atoms. The Kier molecular flexibility index (Phi) is 11.6. The van der Waals surface area contributed by atoms with Crippen LogP contribution in [0.2, 0.25) is 0 Å². The zero-order chi connectivity index (χ0) is 12.1. The van der Waals surface area contributed by atoms with Crippen molar-refractivity contribution in [1.29, 1.82) is 0 Å². The highest BCUT2D eigenvalue weighted by atomic mass is 16.5. The van der Waals surface area contributed by atoms with Crippen LogP contribution in [0.15, 0.2) is 0 Å². The van der Waals surface area contributed by atoms with Gasteiger partial charge in [0.1, 0.15) is 0 Å². The van der Waals surface area contributed by atoms with E-state index in [9.17, 15) is 4.79 Å². The van der Waals surface area contributed by atoms with Gasteiger partial charge in [0.25, 0.3) is 0 Å². The lowest BCUT2D eigenvalue weighted by molar-refractivity contribution is 0.0176. The van der Waals surface area contributed by atoms with Crippen LogP contribution >= 0.6 is 0 Å². The molecule has 0 aromatic rings. The zero-order valence-electron chi connectivity index (χ0n) is 9.99. The summed E-state index contributed by atoms with van der Waals surface area (Å²) in [6.07, 6.45) is -0.448. The van der Waals surface area contributed by atoms with E-state index in [1.165, 1.54) is 7.11 Å². The predicted octanol–water partition coefficient (Wildman–Crippen LogP) is 0.412. The molecule has 0 aliphatic heterocycles. The van der Waals surface area contributed by atoms with Gasteiger partial charge in [-0.1, -0.05) is 0 Å². The third kappa shape index (κ3) is 11.2. The van der Waals surface area contributed by atoms with Gasteiger partial charge in [0.05, 0.1) is 40.1 Å². The molecule has 0 atom stereocenters. The Morgan fingerprint density at radius 2 is 1.56 bits per heavy atom. The van der Waals surface area contributed by atoms with Gasteiger partial charge in [-0.15, -0.1) is 0 Å². The molecule has 16 heavy (non-hydrogen) atoms. The minimum Gasteiger partial charge on any atom is -0.453 e. The van der Waals surface area contributed by atoms with Crippen molar-refractivity contribution in [3.05, 3.63) is 0 Å². The van der Waals surface area contributed by atoms with E-state index >= 15 is 0 Å². The molecule has 0 spiro atoms. The summed E-state index contributed by atoms with van der Waals surface area (Å²) in [6, 6.07) is 0. The van der Waals surface area contributed by atoms with Crippen LogP contribution in [0.3, 0.4) is 0 Å². The van der Waals surface area contributed by atoms with E-state index in [0.29, 0.717) is 46.2 Å². The van der Waals surface area contributed by atoms with Crippen LogP contribution in [0, 0.1) is 0 Å². The second-order valence-electron chi connectivity index (χ2n) is 2.84. The maximum atomic E-state index is 10.6. The van der Waals surface area contributed by atoms with Crippen molar-refractivity contribution in [3.8, 4) is 0 Å². The molecular formula is C10H21NO5. The minimum atomic E-state index is -0.448. The molecule has 1 amide bonds. The number of rotatable bonds is 10. The zero-order valence-corrected chi connectivity index (χ0v) is 9.99. The van der Waals surface area contributed by atoms with Crippen molar-refractivity contribution < 1.29 is 23.7 Å². The fourth-order valence-corrected chi connectivity index (χ4v) is 0.882. The number of nitrogens with one attached hydrogen (secondary N) is 1. The number of ether oxygens (including phenoxy) is 4. The van der Waals surface area contributed by atoms with E-state index in [2.05, 4.69) is 10.1 Å². The number of amides is 1. The Bertz CT molecular complexity index is 165. The van der Waals surface area contributed by atoms with Crippen molar-refractivity contribution in [2.75, 3.05) is 53.3 Å². The van der Waals surface area contributed by atoms with E-state index in [0.717, 1.165) is 0 Å². The average Bonchev–Trinajstić information content (AvgIpc) is 2.31. The van der Waals surface area contributed by atoms with Crippen LogP contribution in [-0.4, -0.2) is 59.4 Å². The van der Waals surface area contributed by atoms with Crippen LogP contribution in [0.1, 0.15) is 6.92 Å².